The first kappa shape index (κ1) is 14.6. The van der Waals surface area contributed by atoms with Gasteiger partial charge in [-0.15, -0.1) is 0 Å². The Bertz CT molecular complexity index is 760. The molecule has 0 amide bonds. The number of anilines is 1. The molecule has 0 saturated heterocycles. The zero-order valence-corrected chi connectivity index (χ0v) is 12.8. The Hall–Kier alpha value is -2.28. The molecule has 0 unspecified atom stereocenters. The fraction of sp³-hybridized carbons (Fsp3) is 0.467. The first-order valence-electron chi connectivity index (χ1n) is 7.46. The van der Waals surface area contributed by atoms with Crippen LogP contribution in [0.1, 0.15) is 31.6 Å². The van der Waals surface area contributed by atoms with Crippen molar-refractivity contribution in [1.29, 1.82) is 0 Å². The second-order valence-corrected chi connectivity index (χ2v) is 5.59. The van der Waals surface area contributed by atoms with Crippen molar-refractivity contribution in [2.45, 2.75) is 39.4 Å². The molecule has 0 bridgehead atoms. The van der Waals surface area contributed by atoms with E-state index in [1.54, 1.807) is 18.4 Å². The van der Waals surface area contributed by atoms with Gasteiger partial charge in [-0.3, -0.25) is 19.2 Å². The molecular weight excluding hydrogens is 284 g/mol. The fourth-order valence-corrected chi connectivity index (χ4v) is 2.68. The van der Waals surface area contributed by atoms with Crippen LogP contribution in [0.3, 0.4) is 0 Å². The molecular formula is C15H20N4O3. The highest BCUT2D eigenvalue weighted by Crippen LogP contribution is 2.20. The van der Waals surface area contributed by atoms with Crippen molar-refractivity contribution < 1.29 is 4.42 Å². The molecule has 7 nitrogen and oxygen atoms in total. The summed E-state index contributed by atoms with van der Waals surface area (Å²) in [5, 5.41) is 3.22. The van der Waals surface area contributed by atoms with Gasteiger partial charge in [0.25, 0.3) is 5.56 Å². The lowest BCUT2D eigenvalue weighted by atomic mass is 10.1. The predicted octanol–water partition coefficient (Wildman–Crippen LogP) is 1.16. The summed E-state index contributed by atoms with van der Waals surface area (Å²) in [7, 11) is 0. The van der Waals surface area contributed by atoms with Gasteiger partial charge in [0.05, 0.1) is 25.0 Å². The highest BCUT2D eigenvalue weighted by atomic mass is 16.3. The number of aromatic nitrogens is 2. The van der Waals surface area contributed by atoms with Gasteiger partial charge in [0.15, 0.2) is 0 Å². The smallest absolute Gasteiger partial charge is 0.330 e. The lowest BCUT2D eigenvalue weighted by molar-refractivity contribution is 0.200. The molecule has 2 aromatic heterocycles. The van der Waals surface area contributed by atoms with E-state index in [1.807, 2.05) is 0 Å². The van der Waals surface area contributed by atoms with Crippen molar-refractivity contribution in [3.8, 4) is 0 Å². The quantitative estimate of drug-likeness (QED) is 0.885. The molecule has 22 heavy (non-hydrogen) atoms. The number of hydrogen-bond acceptors (Lipinski definition) is 5. The van der Waals surface area contributed by atoms with Crippen LogP contribution < -0.4 is 16.6 Å². The van der Waals surface area contributed by atoms with Gasteiger partial charge >= 0.3 is 5.69 Å². The zero-order valence-electron chi connectivity index (χ0n) is 12.8. The minimum absolute atomic E-state index is 0.293. The van der Waals surface area contributed by atoms with Gasteiger partial charge in [0, 0.05) is 12.6 Å². The topological polar surface area (TPSA) is 83.3 Å². The Morgan fingerprint density at radius 2 is 2.23 bits per heavy atom. The normalized spacial score (nSPS) is 16.1. The van der Waals surface area contributed by atoms with Crippen LogP contribution in [-0.4, -0.2) is 27.2 Å². The van der Waals surface area contributed by atoms with Gasteiger partial charge in [0.2, 0.25) is 0 Å². The van der Waals surface area contributed by atoms with E-state index < -0.39 is 5.69 Å². The van der Waals surface area contributed by atoms with Crippen molar-refractivity contribution in [3.05, 3.63) is 50.6 Å². The number of rotatable bonds is 4. The largest absolute Gasteiger partial charge is 0.467 e. The molecule has 0 radical (unpaired) electrons. The van der Waals surface area contributed by atoms with E-state index in [-0.39, 0.29) is 5.56 Å². The van der Waals surface area contributed by atoms with Gasteiger partial charge in [-0.05, 0) is 25.5 Å². The van der Waals surface area contributed by atoms with Gasteiger partial charge in [0.1, 0.15) is 11.6 Å². The molecule has 0 aromatic carbocycles. The highest BCUT2D eigenvalue weighted by Gasteiger charge is 2.25. The number of nitrogens with zero attached hydrogens (tertiary/aromatic N) is 2. The highest BCUT2D eigenvalue weighted by molar-refractivity contribution is 5.45. The van der Waals surface area contributed by atoms with E-state index in [2.05, 4.69) is 29.0 Å². The second-order valence-electron chi connectivity index (χ2n) is 5.59. The van der Waals surface area contributed by atoms with Crippen LogP contribution in [0.4, 0.5) is 5.82 Å². The lowest BCUT2D eigenvalue weighted by Crippen LogP contribution is -2.46. The molecule has 1 aliphatic heterocycles. The van der Waals surface area contributed by atoms with Crippen LogP contribution in [0, 0.1) is 0 Å². The van der Waals surface area contributed by atoms with Crippen molar-refractivity contribution in [1.82, 2.24) is 14.5 Å². The molecule has 3 rings (SSSR count). The summed E-state index contributed by atoms with van der Waals surface area (Å²) in [5.41, 5.74) is -0.154. The van der Waals surface area contributed by atoms with Crippen molar-refractivity contribution in [2.75, 3.05) is 12.0 Å². The van der Waals surface area contributed by atoms with Gasteiger partial charge < -0.3 is 9.73 Å². The number of fused-ring (bicyclic) bond motifs is 1. The maximum atomic E-state index is 12.1. The summed E-state index contributed by atoms with van der Waals surface area (Å²) in [6.45, 7) is 5.68. The molecule has 118 valence electrons. The monoisotopic (exact) mass is 304 g/mol. The van der Waals surface area contributed by atoms with E-state index >= 15 is 0 Å². The Labute approximate surface area is 127 Å². The van der Waals surface area contributed by atoms with Gasteiger partial charge in [-0.1, -0.05) is 6.92 Å². The number of hydrogen-bond donors (Lipinski definition) is 2. The Morgan fingerprint density at radius 3 is 2.91 bits per heavy atom. The van der Waals surface area contributed by atoms with Crippen LogP contribution in [0.2, 0.25) is 0 Å². The van der Waals surface area contributed by atoms with Crippen molar-refractivity contribution >= 4 is 5.82 Å². The molecule has 2 N–H and O–H groups in total. The van der Waals surface area contributed by atoms with Crippen LogP contribution >= 0.6 is 0 Å². The van der Waals surface area contributed by atoms with E-state index in [9.17, 15) is 9.59 Å². The molecule has 0 spiro atoms. The van der Waals surface area contributed by atoms with Crippen LogP contribution in [0.25, 0.3) is 0 Å². The summed E-state index contributed by atoms with van der Waals surface area (Å²) >= 11 is 0. The number of furan rings is 1. The summed E-state index contributed by atoms with van der Waals surface area (Å²) in [5.74, 6) is 1.26. The molecule has 0 saturated carbocycles. The molecule has 1 aliphatic rings. The van der Waals surface area contributed by atoms with E-state index in [1.165, 1.54) is 4.57 Å². The third-order valence-electron chi connectivity index (χ3n) is 4.21. The van der Waals surface area contributed by atoms with Crippen LogP contribution in [-0.2, 0) is 13.1 Å². The third-order valence-corrected chi connectivity index (χ3v) is 4.21. The molecule has 7 heteroatoms. The first-order valence-corrected chi connectivity index (χ1v) is 7.46. The minimum atomic E-state index is -0.426. The Balaban J connectivity index is 2.00. The third kappa shape index (κ3) is 2.59. The standard InChI is InChI=1S/C15H20N4O3/c1-3-10(2)18-8-12-13(16-9-18)19(15(21)17-14(12)20)7-11-5-4-6-22-11/h4-6,10,16H,3,7-9H2,1-2H3,(H,17,20,21)/t10-/m1/s1. The maximum Gasteiger partial charge on any atom is 0.330 e. The fourth-order valence-electron chi connectivity index (χ4n) is 2.68. The minimum Gasteiger partial charge on any atom is -0.467 e. The second kappa shape index (κ2) is 5.84. The van der Waals surface area contributed by atoms with Gasteiger partial charge in [-0.2, -0.15) is 0 Å². The average molecular weight is 304 g/mol. The van der Waals surface area contributed by atoms with E-state index in [0.29, 0.717) is 42.9 Å². The molecule has 1 atom stereocenters. The van der Waals surface area contributed by atoms with Gasteiger partial charge in [-0.25, -0.2) is 4.79 Å². The predicted molar refractivity (Wildman–Crippen MR) is 82.9 cm³/mol. The number of nitrogens with one attached hydrogen (secondary N) is 2. The molecule has 3 heterocycles. The van der Waals surface area contributed by atoms with E-state index in [0.717, 1.165) is 6.42 Å². The Kier molecular flexibility index (Phi) is 3.89. The maximum absolute atomic E-state index is 12.1. The van der Waals surface area contributed by atoms with Crippen molar-refractivity contribution in [3.63, 3.8) is 0 Å². The zero-order chi connectivity index (χ0) is 15.7. The average Bonchev–Trinajstić information content (AvgIpc) is 3.03. The van der Waals surface area contributed by atoms with E-state index in [4.69, 9.17) is 4.42 Å². The summed E-state index contributed by atoms with van der Waals surface area (Å²) in [6, 6.07) is 3.94. The van der Waals surface area contributed by atoms with Crippen molar-refractivity contribution in [2.24, 2.45) is 0 Å². The summed E-state index contributed by atoms with van der Waals surface area (Å²) in [4.78, 5) is 28.8. The van der Waals surface area contributed by atoms with Crippen LogP contribution in [0.15, 0.2) is 32.4 Å². The number of aromatic amines is 1. The molecule has 0 aliphatic carbocycles. The molecule has 2 aromatic rings. The van der Waals surface area contributed by atoms with Crippen LogP contribution in [0.5, 0.6) is 0 Å². The first-order chi connectivity index (χ1) is 10.6. The Morgan fingerprint density at radius 1 is 1.41 bits per heavy atom. The number of H-pyrrole nitrogens is 1. The summed E-state index contributed by atoms with van der Waals surface area (Å²) < 4.78 is 6.82. The lowest BCUT2D eigenvalue weighted by Gasteiger charge is -2.34. The summed E-state index contributed by atoms with van der Waals surface area (Å²) in [6.07, 6.45) is 2.57. The SMILES string of the molecule is CC[C@@H](C)N1CNc2c(c(=O)[nH]c(=O)n2Cc2ccco2)C1. The molecule has 0 fully saturated rings.